The number of pyridine rings is 1. The normalized spacial score (nSPS) is 11.8. The SMILES string of the molecule is COc1cc(C(Cl)Cc2ccccn2)cc(OC)c1OC. The third-order valence-corrected chi connectivity index (χ3v) is 3.57. The van der Waals surface area contributed by atoms with Crippen molar-refractivity contribution in [1.82, 2.24) is 4.98 Å². The first kappa shape index (κ1) is 15.4. The highest BCUT2D eigenvalue weighted by atomic mass is 35.5. The van der Waals surface area contributed by atoms with Crippen molar-refractivity contribution in [2.75, 3.05) is 21.3 Å². The molecule has 0 amide bonds. The van der Waals surface area contributed by atoms with Gasteiger partial charge in [-0.05, 0) is 29.8 Å². The first-order chi connectivity index (χ1) is 10.2. The summed E-state index contributed by atoms with van der Waals surface area (Å²) >= 11 is 6.50. The van der Waals surface area contributed by atoms with E-state index in [0.717, 1.165) is 11.3 Å². The largest absolute Gasteiger partial charge is 0.493 e. The molecular formula is C16H18ClNO3. The number of aromatic nitrogens is 1. The van der Waals surface area contributed by atoms with Crippen LogP contribution in [0.3, 0.4) is 0 Å². The Kier molecular flexibility index (Phi) is 5.28. The molecule has 0 saturated heterocycles. The molecule has 2 aromatic rings. The molecule has 21 heavy (non-hydrogen) atoms. The van der Waals surface area contributed by atoms with Crippen LogP contribution < -0.4 is 14.2 Å². The van der Waals surface area contributed by atoms with Crippen molar-refractivity contribution in [1.29, 1.82) is 0 Å². The molecule has 4 nitrogen and oxygen atoms in total. The fourth-order valence-electron chi connectivity index (χ4n) is 2.10. The Balaban J connectivity index is 2.30. The lowest BCUT2D eigenvalue weighted by molar-refractivity contribution is 0.323. The van der Waals surface area contributed by atoms with Crippen LogP contribution in [0, 0.1) is 0 Å². The van der Waals surface area contributed by atoms with Crippen LogP contribution in [0.25, 0.3) is 0 Å². The summed E-state index contributed by atoms with van der Waals surface area (Å²) in [7, 11) is 4.75. The van der Waals surface area contributed by atoms with Gasteiger partial charge in [-0.2, -0.15) is 0 Å². The van der Waals surface area contributed by atoms with Gasteiger partial charge in [-0.15, -0.1) is 11.6 Å². The zero-order valence-corrected chi connectivity index (χ0v) is 13.1. The molecule has 0 aliphatic carbocycles. The first-order valence-corrected chi connectivity index (χ1v) is 6.97. The van der Waals surface area contributed by atoms with Crippen molar-refractivity contribution in [3.05, 3.63) is 47.8 Å². The Morgan fingerprint density at radius 3 is 2.19 bits per heavy atom. The number of halogens is 1. The highest BCUT2D eigenvalue weighted by molar-refractivity contribution is 6.21. The summed E-state index contributed by atoms with van der Waals surface area (Å²) in [6.45, 7) is 0. The van der Waals surface area contributed by atoms with Gasteiger partial charge in [0.05, 0.1) is 26.7 Å². The number of hydrogen-bond donors (Lipinski definition) is 0. The monoisotopic (exact) mass is 307 g/mol. The van der Waals surface area contributed by atoms with Gasteiger partial charge < -0.3 is 14.2 Å². The Morgan fingerprint density at radius 2 is 1.71 bits per heavy atom. The maximum Gasteiger partial charge on any atom is 0.203 e. The van der Waals surface area contributed by atoms with Crippen molar-refractivity contribution in [2.45, 2.75) is 11.8 Å². The third kappa shape index (κ3) is 3.58. The highest BCUT2D eigenvalue weighted by Gasteiger charge is 2.18. The van der Waals surface area contributed by atoms with E-state index in [9.17, 15) is 0 Å². The summed E-state index contributed by atoms with van der Waals surface area (Å²) in [5.74, 6) is 1.75. The molecule has 0 aliphatic rings. The zero-order valence-electron chi connectivity index (χ0n) is 12.3. The van der Waals surface area contributed by atoms with Gasteiger partial charge in [-0.25, -0.2) is 0 Å². The number of alkyl halides is 1. The van der Waals surface area contributed by atoms with Crippen molar-refractivity contribution >= 4 is 11.6 Å². The van der Waals surface area contributed by atoms with Gasteiger partial charge in [0.1, 0.15) is 0 Å². The molecule has 5 heteroatoms. The molecular weight excluding hydrogens is 290 g/mol. The van der Waals surface area contributed by atoms with Gasteiger partial charge in [-0.3, -0.25) is 4.98 Å². The predicted molar refractivity (Wildman–Crippen MR) is 82.6 cm³/mol. The molecule has 1 atom stereocenters. The van der Waals surface area contributed by atoms with Crippen LogP contribution in [-0.2, 0) is 6.42 Å². The summed E-state index contributed by atoms with van der Waals surface area (Å²) in [4.78, 5) is 4.29. The second kappa shape index (κ2) is 7.18. The summed E-state index contributed by atoms with van der Waals surface area (Å²) in [6.07, 6.45) is 2.38. The van der Waals surface area contributed by atoms with Crippen LogP contribution in [0.1, 0.15) is 16.6 Å². The van der Waals surface area contributed by atoms with Gasteiger partial charge in [-0.1, -0.05) is 6.07 Å². The minimum Gasteiger partial charge on any atom is -0.493 e. The summed E-state index contributed by atoms with van der Waals surface area (Å²) < 4.78 is 16.0. The average Bonchev–Trinajstić information content (AvgIpc) is 2.54. The summed E-state index contributed by atoms with van der Waals surface area (Å²) in [6, 6.07) is 9.50. The van der Waals surface area contributed by atoms with Gasteiger partial charge >= 0.3 is 0 Å². The lowest BCUT2D eigenvalue weighted by Crippen LogP contribution is -2.01. The third-order valence-electron chi connectivity index (χ3n) is 3.16. The second-order valence-corrected chi connectivity index (χ2v) is 4.98. The van der Waals surface area contributed by atoms with Crippen molar-refractivity contribution in [2.24, 2.45) is 0 Å². The molecule has 0 spiro atoms. The second-order valence-electron chi connectivity index (χ2n) is 4.45. The fourth-order valence-corrected chi connectivity index (χ4v) is 2.39. The number of benzene rings is 1. The summed E-state index contributed by atoms with van der Waals surface area (Å²) in [5, 5.41) is -0.228. The first-order valence-electron chi connectivity index (χ1n) is 6.53. The van der Waals surface area contributed by atoms with E-state index in [2.05, 4.69) is 4.98 Å². The standard InChI is InChI=1S/C16H18ClNO3/c1-19-14-8-11(9-15(20-2)16(14)21-3)13(17)10-12-6-4-5-7-18-12/h4-9,13H,10H2,1-3H3. The van der Waals surface area contributed by atoms with E-state index in [-0.39, 0.29) is 5.38 Å². The van der Waals surface area contributed by atoms with Crippen LogP contribution >= 0.6 is 11.6 Å². The number of rotatable bonds is 6. The zero-order chi connectivity index (χ0) is 15.2. The van der Waals surface area contributed by atoms with Gasteiger partial charge in [0.2, 0.25) is 5.75 Å². The molecule has 0 aliphatic heterocycles. The Hall–Kier alpha value is -1.94. The van der Waals surface area contributed by atoms with E-state index in [4.69, 9.17) is 25.8 Å². The summed E-state index contributed by atoms with van der Waals surface area (Å²) in [5.41, 5.74) is 1.84. The molecule has 0 radical (unpaired) electrons. The number of hydrogen-bond acceptors (Lipinski definition) is 4. The van der Waals surface area contributed by atoms with Crippen molar-refractivity contribution in [3.8, 4) is 17.2 Å². The van der Waals surface area contributed by atoms with Crippen LogP contribution in [-0.4, -0.2) is 26.3 Å². The average molecular weight is 308 g/mol. The Morgan fingerprint density at radius 1 is 1.05 bits per heavy atom. The minimum atomic E-state index is -0.228. The van der Waals surface area contributed by atoms with Crippen molar-refractivity contribution < 1.29 is 14.2 Å². The van der Waals surface area contributed by atoms with Crippen LogP contribution in [0.5, 0.6) is 17.2 Å². The molecule has 0 saturated carbocycles. The number of methoxy groups -OCH3 is 3. The van der Waals surface area contributed by atoms with E-state index < -0.39 is 0 Å². The van der Waals surface area contributed by atoms with E-state index in [0.29, 0.717) is 23.7 Å². The van der Waals surface area contributed by atoms with Gasteiger partial charge in [0, 0.05) is 18.3 Å². The predicted octanol–water partition coefficient (Wildman–Crippen LogP) is 3.63. The molecule has 2 rings (SSSR count). The molecule has 0 N–H and O–H groups in total. The van der Waals surface area contributed by atoms with Crippen LogP contribution in [0.15, 0.2) is 36.5 Å². The van der Waals surface area contributed by atoms with E-state index >= 15 is 0 Å². The van der Waals surface area contributed by atoms with Crippen molar-refractivity contribution in [3.63, 3.8) is 0 Å². The maximum atomic E-state index is 6.50. The Labute approximate surface area is 129 Å². The fraction of sp³-hybridized carbons (Fsp3) is 0.312. The van der Waals surface area contributed by atoms with Crippen LogP contribution in [0.4, 0.5) is 0 Å². The topological polar surface area (TPSA) is 40.6 Å². The lowest BCUT2D eigenvalue weighted by atomic mass is 10.1. The molecule has 0 bridgehead atoms. The molecule has 0 fully saturated rings. The molecule has 112 valence electrons. The van der Waals surface area contributed by atoms with Gasteiger partial charge in [0.25, 0.3) is 0 Å². The van der Waals surface area contributed by atoms with Crippen LogP contribution in [0.2, 0.25) is 0 Å². The quantitative estimate of drug-likeness (QED) is 0.764. The van der Waals surface area contributed by atoms with E-state index in [1.54, 1.807) is 27.5 Å². The molecule has 1 heterocycles. The van der Waals surface area contributed by atoms with E-state index in [1.807, 2.05) is 30.3 Å². The minimum absolute atomic E-state index is 0.228. The smallest absolute Gasteiger partial charge is 0.203 e. The number of ether oxygens (including phenoxy) is 3. The lowest BCUT2D eigenvalue weighted by Gasteiger charge is -2.16. The highest BCUT2D eigenvalue weighted by Crippen LogP contribution is 2.41. The molecule has 1 unspecified atom stereocenters. The molecule has 1 aromatic heterocycles. The Bertz CT molecular complexity index is 564. The number of nitrogens with zero attached hydrogens (tertiary/aromatic N) is 1. The van der Waals surface area contributed by atoms with Gasteiger partial charge in [0.15, 0.2) is 11.5 Å². The molecule has 1 aromatic carbocycles. The maximum absolute atomic E-state index is 6.50. The van der Waals surface area contributed by atoms with E-state index in [1.165, 1.54) is 0 Å².